The number of nitrogens with zero attached hydrogens (tertiary/aromatic N) is 4. The first-order valence-electron chi connectivity index (χ1n) is 26.4. The molecule has 22 N–H and O–H groups in total. The lowest BCUT2D eigenvalue weighted by molar-refractivity contribution is -0.138. The average molecular weight is 1210 g/mol. The number of hydrogen-bond donors (Lipinski definition) is 18. The Balaban J connectivity index is 1.59. The van der Waals surface area contributed by atoms with Crippen molar-refractivity contribution in [2.24, 2.45) is 49.4 Å². The van der Waals surface area contributed by atoms with E-state index in [1.165, 1.54) is 0 Å². The maximum Gasteiger partial charge on any atom is 0.325 e. The highest BCUT2D eigenvalue weighted by Crippen LogP contribution is 2.20. The number of fused-ring (bicyclic) bond motifs is 1. The van der Waals surface area contributed by atoms with Crippen LogP contribution >= 0.6 is 25.3 Å². The van der Waals surface area contributed by atoms with Crippen molar-refractivity contribution in [3.05, 3.63) is 71.9 Å². The second-order valence-electron chi connectivity index (χ2n) is 19.1. The number of nitrogens with two attached hydrogens (primary N) is 6. The van der Waals surface area contributed by atoms with E-state index >= 15 is 0 Å². The Morgan fingerprint density at radius 3 is 1.70 bits per heavy atom. The van der Waals surface area contributed by atoms with Crippen molar-refractivity contribution in [2.75, 3.05) is 37.7 Å². The monoisotopic (exact) mass is 1210 g/mol. The molecule has 2 aromatic carbocycles. The summed E-state index contributed by atoms with van der Waals surface area (Å²) in [4.78, 5) is 164. The first-order chi connectivity index (χ1) is 40.0. The Hall–Kier alpha value is -9.14. The molecule has 0 radical (unpaired) electrons. The van der Waals surface area contributed by atoms with E-state index in [0.29, 0.717) is 22.4 Å². The van der Waals surface area contributed by atoms with Gasteiger partial charge in [-0.05, 0) is 55.7 Å². The molecule has 1 aliphatic rings. The number of thiol groups is 2. The van der Waals surface area contributed by atoms with Crippen molar-refractivity contribution in [2.45, 2.75) is 106 Å². The number of carboxylic acid groups (broad SMARTS) is 1. The quantitative estimate of drug-likeness (QED) is 0.00852. The fourth-order valence-electron chi connectivity index (χ4n) is 8.49. The number of hydrogen-bond acceptors (Lipinski definition) is 16. The number of benzene rings is 2. The smallest absolute Gasteiger partial charge is 0.325 e. The molecule has 1 aromatic heterocycles. The van der Waals surface area contributed by atoms with Crippen LogP contribution < -0.4 is 76.9 Å². The van der Waals surface area contributed by atoms with E-state index < -0.39 is 133 Å². The van der Waals surface area contributed by atoms with Gasteiger partial charge < -0.3 is 87.0 Å². The van der Waals surface area contributed by atoms with Gasteiger partial charge in [-0.3, -0.25) is 67.8 Å². The number of primary amides is 1. The van der Waals surface area contributed by atoms with Gasteiger partial charge in [0.05, 0.1) is 6.34 Å². The number of amides is 11. The van der Waals surface area contributed by atoms with E-state index in [1.807, 2.05) is 6.07 Å². The summed E-state index contributed by atoms with van der Waals surface area (Å²) in [5.41, 5.74) is 34.6. The number of aliphatic carboxylic acids is 1. The lowest BCUT2D eigenvalue weighted by atomic mass is 10.0. The zero-order valence-corrected chi connectivity index (χ0v) is 47.5. The number of imide groups is 1. The highest BCUT2D eigenvalue weighted by Gasteiger charge is 2.40. The van der Waals surface area contributed by atoms with Crippen LogP contribution in [-0.2, 0) is 60.8 Å². The number of urea groups is 1. The lowest BCUT2D eigenvalue weighted by Gasteiger charge is -2.28. The molecule has 1 fully saturated rings. The Labute approximate surface area is 493 Å². The molecule has 2 heterocycles. The first-order valence-corrected chi connectivity index (χ1v) is 27.7. The highest BCUT2D eigenvalue weighted by atomic mass is 32.1. The number of guanidine groups is 2. The molecule has 1 saturated heterocycles. The van der Waals surface area contributed by atoms with Gasteiger partial charge in [-0.25, -0.2) is 4.79 Å². The summed E-state index contributed by atoms with van der Waals surface area (Å²) in [6.45, 7) is -0.809. The summed E-state index contributed by atoms with van der Waals surface area (Å²) in [6.07, 6.45) is 1.24. The van der Waals surface area contributed by atoms with Crippen LogP contribution in [-0.4, -0.2) is 184 Å². The summed E-state index contributed by atoms with van der Waals surface area (Å²) in [5.74, 6) is -10.6. The predicted octanol–water partition coefficient (Wildman–Crippen LogP) is -5.04. The molecule has 456 valence electrons. The Morgan fingerprint density at radius 2 is 1.13 bits per heavy atom. The number of carbonyl (C=O) groups is 11. The van der Waals surface area contributed by atoms with Gasteiger partial charge in [0.1, 0.15) is 54.9 Å². The molecular formula is C51H73N19O12S2. The third-order valence-corrected chi connectivity index (χ3v) is 13.6. The van der Waals surface area contributed by atoms with E-state index in [9.17, 15) is 57.8 Å². The summed E-state index contributed by atoms with van der Waals surface area (Å²) in [6, 6.07) is 3.42. The fraction of sp³-hybridized carbons (Fsp3) is 0.451. The Kier molecular flexibility index (Phi) is 27.5. The minimum Gasteiger partial charge on any atom is -0.481 e. The van der Waals surface area contributed by atoms with Crippen molar-refractivity contribution in [1.29, 1.82) is 0 Å². The predicted molar refractivity (Wildman–Crippen MR) is 315 cm³/mol. The average Bonchev–Trinajstić information content (AvgIpc) is 4.20. The minimum atomic E-state index is -1.69. The number of aromatic nitrogens is 1. The second-order valence-corrected chi connectivity index (χ2v) is 19.8. The molecule has 84 heavy (non-hydrogen) atoms. The van der Waals surface area contributed by atoms with E-state index in [4.69, 9.17) is 34.4 Å². The number of nitrogens with one attached hydrogen (secondary N) is 9. The summed E-state index contributed by atoms with van der Waals surface area (Å²) in [5, 5.41) is 30.6. The van der Waals surface area contributed by atoms with Gasteiger partial charge in [-0.15, -0.1) is 0 Å². The van der Waals surface area contributed by atoms with Gasteiger partial charge in [0.2, 0.25) is 47.3 Å². The van der Waals surface area contributed by atoms with Crippen LogP contribution in [0.1, 0.15) is 56.1 Å². The molecule has 0 unspecified atom stereocenters. The van der Waals surface area contributed by atoms with Gasteiger partial charge >= 0.3 is 12.0 Å². The first kappa shape index (κ1) is 67.4. The normalized spacial score (nSPS) is 15.4. The van der Waals surface area contributed by atoms with Crippen LogP contribution in [0, 0.1) is 0 Å². The van der Waals surface area contributed by atoms with Crippen molar-refractivity contribution < 1.29 is 57.8 Å². The van der Waals surface area contributed by atoms with Crippen LogP contribution in [0.5, 0.6) is 0 Å². The van der Waals surface area contributed by atoms with Gasteiger partial charge in [-0.2, -0.15) is 25.3 Å². The third-order valence-electron chi connectivity index (χ3n) is 12.8. The van der Waals surface area contributed by atoms with Crippen molar-refractivity contribution in [3.63, 3.8) is 0 Å². The van der Waals surface area contributed by atoms with Gasteiger partial charge in [0, 0.05) is 67.5 Å². The third kappa shape index (κ3) is 22.0. The van der Waals surface area contributed by atoms with E-state index in [2.05, 4.69) is 87.8 Å². The highest BCUT2D eigenvalue weighted by molar-refractivity contribution is 7.80. The summed E-state index contributed by atoms with van der Waals surface area (Å²) >= 11 is 8.29. The zero-order chi connectivity index (χ0) is 61.9. The Morgan fingerprint density at radius 1 is 0.619 bits per heavy atom. The SMILES string of the molecule is NC=NCC[C@H](NC(=O)[C@H](CCC(=O)O)NC(=O)[C@H](CS)NC(=O)CN1C(=O)N[C@@H](CCCN=C(N)N)C1=O)C(=O)N[C@H](Cc1ccccc1)C(=O)N[C@@H](CCCN=C(N)N)C(=O)N[C@@H](Cc1c[nH]c2ccccc12)C(=O)N[C@@H](CS)C(N)=O. The molecule has 0 spiro atoms. The lowest BCUT2D eigenvalue weighted by Crippen LogP contribution is -2.60. The van der Waals surface area contributed by atoms with Crippen LogP contribution in [0.15, 0.2) is 75.8 Å². The Bertz CT molecular complexity index is 2900. The van der Waals surface area contributed by atoms with Crippen molar-refractivity contribution in [1.82, 2.24) is 52.4 Å². The van der Waals surface area contributed by atoms with Crippen LogP contribution in [0.3, 0.4) is 0 Å². The van der Waals surface area contributed by atoms with Crippen LogP contribution in [0.2, 0.25) is 0 Å². The number of rotatable bonds is 36. The van der Waals surface area contributed by atoms with Crippen LogP contribution in [0.25, 0.3) is 10.9 Å². The molecule has 0 bridgehead atoms. The number of aliphatic imine (C=N–C) groups is 3. The van der Waals surface area contributed by atoms with Crippen LogP contribution in [0.4, 0.5) is 4.79 Å². The molecule has 0 aliphatic carbocycles. The number of para-hydroxylation sites is 1. The fourth-order valence-corrected chi connectivity index (χ4v) is 9.02. The molecule has 31 nitrogen and oxygen atoms in total. The molecule has 8 atom stereocenters. The number of carboxylic acids is 1. The van der Waals surface area contributed by atoms with E-state index in [0.717, 1.165) is 17.2 Å². The number of H-pyrrole nitrogens is 1. The molecular weight excluding hydrogens is 1130 g/mol. The van der Waals surface area contributed by atoms with Crippen molar-refractivity contribution in [3.8, 4) is 0 Å². The second kappa shape index (κ2) is 34.3. The van der Waals surface area contributed by atoms with E-state index in [-0.39, 0.29) is 81.6 Å². The number of carbonyl (C=O) groups excluding carboxylic acids is 10. The van der Waals surface area contributed by atoms with Gasteiger partial charge in [-0.1, -0.05) is 48.5 Å². The molecule has 3 aromatic rings. The standard InChI is InChI=1S/C51H73N19O12S2/c52-26-58-19-16-33(65-43(76)32(14-15-40(72)73)64-47(80)38(25-84)62-39(71)23-70-48(81)34(69-51(70)82)13-7-18-60-50(56)57)44(77)66-35(20-27-8-2-1-3-9-27)45(78)63-31(12-6-17-59-49(54)55)42(75)67-36(46(79)68-37(24-83)41(53)74)21-28-22-61-30-11-5-4-10-29(28)30/h1-5,8-11,22,26,31-38,61,83-84H,6-7,12-21,23-25H2,(H2,52,58)(H2,53,74)(H,62,71)(H,63,78)(H,64,80)(H,65,76)(H,66,77)(H,67,75)(H,68,79)(H,69,82)(H,72,73)(H4,54,55,59)(H4,56,57,60)/t31-,32-,33-,34-,35+,36-,37-,38-/m0/s1. The molecule has 1 aliphatic heterocycles. The molecule has 0 saturated carbocycles. The molecule has 4 rings (SSSR count). The molecule has 11 amide bonds. The molecule has 33 heteroatoms. The van der Waals surface area contributed by atoms with E-state index in [1.54, 1.807) is 54.7 Å². The maximum absolute atomic E-state index is 14.6. The minimum absolute atomic E-state index is 0.00456. The maximum atomic E-state index is 14.6. The largest absolute Gasteiger partial charge is 0.481 e. The summed E-state index contributed by atoms with van der Waals surface area (Å²) in [7, 11) is 0. The number of aromatic amines is 1. The zero-order valence-electron chi connectivity index (χ0n) is 45.7. The summed E-state index contributed by atoms with van der Waals surface area (Å²) < 4.78 is 0. The van der Waals surface area contributed by atoms with Crippen molar-refractivity contribution >= 4 is 120 Å². The van der Waals surface area contributed by atoms with Gasteiger partial charge in [0.25, 0.3) is 5.91 Å². The van der Waals surface area contributed by atoms with Gasteiger partial charge in [0.15, 0.2) is 11.9 Å². The topological polar surface area (TPSA) is 516 Å².